The Morgan fingerprint density at radius 1 is 1.21 bits per heavy atom. The molecule has 2 rings (SSSR count). The molecular formula is C17H32N4O3. The van der Waals surface area contributed by atoms with Crippen LogP contribution < -0.4 is 5.32 Å². The van der Waals surface area contributed by atoms with Crippen molar-refractivity contribution in [2.75, 3.05) is 61.0 Å². The first-order valence-corrected chi connectivity index (χ1v) is 8.89. The molecule has 2 saturated heterocycles. The van der Waals surface area contributed by atoms with E-state index in [-0.39, 0.29) is 17.9 Å². The number of ether oxygens (including phenoxy) is 1. The third-order valence-corrected chi connectivity index (χ3v) is 5.32. The highest BCUT2D eigenvalue weighted by Gasteiger charge is 2.50. The lowest BCUT2D eigenvalue weighted by atomic mass is 9.86. The zero-order chi connectivity index (χ0) is 17.7. The quantitative estimate of drug-likeness (QED) is 0.723. The molecule has 24 heavy (non-hydrogen) atoms. The van der Waals surface area contributed by atoms with E-state index in [0.29, 0.717) is 32.6 Å². The zero-order valence-corrected chi connectivity index (χ0v) is 15.5. The van der Waals surface area contributed by atoms with Crippen LogP contribution in [-0.2, 0) is 14.3 Å². The van der Waals surface area contributed by atoms with Crippen molar-refractivity contribution in [1.29, 1.82) is 0 Å². The normalized spacial score (nSPS) is 24.1. The summed E-state index contributed by atoms with van der Waals surface area (Å²) in [6, 6.07) is -0.201. The summed E-state index contributed by atoms with van der Waals surface area (Å²) in [4.78, 5) is 31.7. The number of carbonyl (C=O) groups excluding carboxylic acids is 2. The summed E-state index contributed by atoms with van der Waals surface area (Å²) < 4.78 is 5.48. The fourth-order valence-electron chi connectivity index (χ4n) is 3.84. The first-order chi connectivity index (χ1) is 11.4. The van der Waals surface area contributed by atoms with E-state index in [1.54, 1.807) is 11.9 Å². The topological polar surface area (TPSA) is 65.1 Å². The maximum absolute atomic E-state index is 13.0. The van der Waals surface area contributed by atoms with E-state index in [1.165, 1.54) is 0 Å². The molecule has 0 bridgehead atoms. The Kier molecular flexibility index (Phi) is 6.60. The first-order valence-electron chi connectivity index (χ1n) is 8.89. The molecule has 0 saturated carbocycles. The van der Waals surface area contributed by atoms with Crippen LogP contribution in [0.1, 0.15) is 25.7 Å². The molecule has 0 unspecified atom stereocenters. The van der Waals surface area contributed by atoms with Crippen LogP contribution in [-0.4, -0.2) is 99.1 Å². The average molecular weight is 340 g/mol. The van der Waals surface area contributed by atoms with Gasteiger partial charge >= 0.3 is 0 Å². The summed E-state index contributed by atoms with van der Waals surface area (Å²) in [5.41, 5.74) is -0.605. The van der Waals surface area contributed by atoms with Crippen molar-refractivity contribution < 1.29 is 14.3 Å². The summed E-state index contributed by atoms with van der Waals surface area (Å²) in [5.74, 6) is 0.144. The van der Waals surface area contributed by atoms with Gasteiger partial charge in [-0.1, -0.05) is 0 Å². The number of rotatable bonds is 6. The molecule has 2 heterocycles. The molecule has 0 aliphatic carbocycles. The third kappa shape index (κ3) is 3.90. The minimum absolute atomic E-state index is 0.0152. The zero-order valence-electron chi connectivity index (χ0n) is 15.5. The lowest BCUT2D eigenvalue weighted by Gasteiger charge is -2.45. The molecule has 0 aromatic heterocycles. The predicted molar refractivity (Wildman–Crippen MR) is 92.8 cm³/mol. The maximum atomic E-state index is 13.0. The number of nitrogens with zero attached hydrogens (tertiary/aromatic N) is 3. The predicted octanol–water partition coefficient (Wildman–Crippen LogP) is -0.234. The molecule has 7 heteroatoms. The minimum Gasteiger partial charge on any atom is -0.381 e. The fraction of sp³-hybridized carbons (Fsp3) is 0.882. The van der Waals surface area contributed by atoms with Gasteiger partial charge in [-0.2, -0.15) is 0 Å². The van der Waals surface area contributed by atoms with Gasteiger partial charge in [-0.15, -0.1) is 0 Å². The highest BCUT2D eigenvalue weighted by atomic mass is 16.5. The molecule has 2 aliphatic rings. The molecule has 2 fully saturated rings. The third-order valence-electron chi connectivity index (χ3n) is 5.32. The second-order valence-electron chi connectivity index (χ2n) is 7.14. The van der Waals surface area contributed by atoms with Crippen molar-refractivity contribution >= 4 is 11.8 Å². The average Bonchev–Trinajstić information content (AvgIpc) is 3.08. The number of carbonyl (C=O) groups is 2. The van der Waals surface area contributed by atoms with Gasteiger partial charge in [0.1, 0.15) is 5.54 Å². The van der Waals surface area contributed by atoms with Gasteiger partial charge in [0.05, 0.1) is 6.04 Å². The fourth-order valence-corrected chi connectivity index (χ4v) is 3.84. The summed E-state index contributed by atoms with van der Waals surface area (Å²) in [5, 5.41) is 2.81. The van der Waals surface area contributed by atoms with Crippen LogP contribution in [0.4, 0.5) is 0 Å². The van der Waals surface area contributed by atoms with Gasteiger partial charge in [-0.25, -0.2) is 0 Å². The Hall–Kier alpha value is -1.18. The smallest absolute Gasteiger partial charge is 0.240 e. The van der Waals surface area contributed by atoms with Crippen LogP contribution in [0, 0.1) is 0 Å². The van der Waals surface area contributed by atoms with Gasteiger partial charge in [0.25, 0.3) is 0 Å². The van der Waals surface area contributed by atoms with Crippen LogP contribution in [0.5, 0.6) is 0 Å². The van der Waals surface area contributed by atoms with E-state index in [0.717, 1.165) is 25.9 Å². The van der Waals surface area contributed by atoms with Crippen molar-refractivity contribution in [3.8, 4) is 0 Å². The van der Waals surface area contributed by atoms with Gasteiger partial charge in [0.2, 0.25) is 11.8 Å². The van der Waals surface area contributed by atoms with Crippen molar-refractivity contribution in [1.82, 2.24) is 20.0 Å². The van der Waals surface area contributed by atoms with E-state index in [2.05, 4.69) is 15.1 Å². The van der Waals surface area contributed by atoms with E-state index in [9.17, 15) is 9.59 Å². The SMILES string of the molecule is CNC(=O)C1(N2CCC[C@H]2C(=O)N(C)CCN(C)C)CCOCC1. The van der Waals surface area contributed by atoms with Crippen LogP contribution >= 0.6 is 0 Å². The maximum Gasteiger partial charge on any atom is 0.240 e. The van der Waals surface area contributed by atoms with Gasteiger partial charge < -0.3 is 19.9 Å². The summed E-state index contributed by atoms with van der Waals surface area (Å²) >= 11 is 0. The molecule has 0 aromatic carbocycles. The number of hydrogen-bond acceptors (Lipinski definition) is 5. The van der Waals surface area contributed by atoms with Crippen LogP contribution in [0.2, 0.25) is 0 Å². The molecule has 2 aliphatic heterocycles. The lowest BCUT2D eigenvalue weighted by Crippen LogP contribution is -2.64. The Bertz CT molecular complexity index is 449. The van der Waals surface area contributed by atoms with Crippen molar-refractivity contribution in [3.05, 3.63) is 0 Å². The van der Waals surface area contributed by atoms with Crippen LogP contribution in [0.25, 0.3) is 0 Å². The van der Waals surface area contributed by atoms with Gasteiger partial charge in [0, 0.05) is 46.9 Å². The number of hydrogen-bond donors (Lipinski definition) is 1. The Morgan fingerprint density at radius 3 is 2.46 bits per heavy atom. The van der Waals surface area contributed by atoms with Gasteiger partial charge in [-0.3, -0.25) is 14.5 Å². The van der Waals surface area contributed by atoms with Crippen molar-refractivity contribution in [3.63, 3.8) is 0 Å². The second-order valence-corrected chi connectivity index (χ2v) is 7.14. The minimum atomic E-state index is -0.605. The van der Waals surface area contributed by atoms with E-state index >= 15 is 0 Å². The Morgan fingerprint density at radius 2 is 1.88 bits per heavy atom. The molecule has 0 radical (unpaired) electrons. The van der Waals surface area contributed by atoms with Crippen LogP contribution in [0.15, 0.2) is 0 Å². The standard InChI is InChI=1S/C17H32N4O3/c1-18-16(23)17(7-12-24-13-8-17)21-9-5-6-14(21)15(22)20(4)11-10-19(2)3/h14H,5-13H2,1-4H3,(H,18,23)/t14-/m0/s1. The molecule has 7 nitrogen and oxygen atoms in total. The van der Waals surface area contributed by atoms with E-state index in [4.69, 9.17) is 4.74 Å². The number of likely N-dealkylation sites (N-methyl/N-ethyl adjacent to an activating group) is 3. The van der Waals surface area contributed by atoms with E-state index in [1.807, 2.05) is 21.1 Å². The summed E-state index contributed by atoms with van der Waals surface area (Å²) in [6.07, 6.45) is 3.08. The largest absolute Gasteiger partial charge is 0.381 e. The van der Waals surface area contributed by atoms with E-state index < -0.39 is 5.54 Å². The highest BCUT2D eigenvalue weighted by molar-refractivity contribution is 5.88. The molecular weight excluding hydrogens is 308 g/mol. The molecule has 138 valence electrons. The lowest BCUT2D eigenvalue weighted by molar-refractivity contribution is -0.148. The number of likely N-dealkylation sites (tertiary alicyclic amines) is 1. The molecule has 1 N–H and O–H groups in total. The second kappa shape index (κ2) is 8.27. The number of amides is 2. The monoisotopic (exact) mass is 340 g/mol. The Balaban J connectivity index is 2.15. The molecule has 0 aromatic rings. The Labute approximate surface area is 145 Å². The molecule has 0 spiro atoms. The first kappa shape index (κ1) is 19.1. The molecule has 2 amide bonds. The number of nitrogens with one attached hydrogen (secondary N) is 1. The molecule has 1 atom stereocenters. The van der Waals surface area contributed by atoms with Crippen LogP contribution in [0.3, 0.4) is 0 Å². The van der Waals surface area contributed by atoms with Crippen molar-refractivity contribution in [2.24, 2.45) is 0 Å². The van der Waals surface area contributed by atoms with Gasteiger partial charge in [0.15, 0.2) is 0 Å². The summed E-state index contributed by atoms with van der Waals surface area (Å²) in [6.45, 7) is 3.48. The van der Waals surface area contributed by atoms with Crippen molar-refractivity contribution in [2.45, 2.75) is 37.3 Å². The van der Waals surface area contributed by atoms with Gasteiger partial charge in [-0.05, 0) is 39.8 Å². The summed E-state index contributed by atoms with van der Waals surface area (Å²) in [7, 11) is 7.54. The highest BCUT2D eigenvalue weighted by Crippen LogP contribution is 2.35.